The van der Waals surface area contributed by atoms with Gasteiger partial charge < -0.3 is 9.53 Å². The molecular formula is C10H13NO4S. The van der Waals surface area contributed by atoms with E-state index in [2.05, 4.69) is 4.72 Å². The predicted octanol–water partition coefficient (Wildman–Crippen LogP) is 0.562. The summed E-state index contributed by atoms with van der Waals surface area (Å²) in [5, 5.41) is 0. The first kappa shape index (κ1) is 12.7. The van der Waals surface area contributed by atoms with Gasteiger partial charge in [0.15, 0.2) is 0 Å². The molecule has 0 saturated carbocycles. The van der Waals surface area contributed by atoms with Gasteiger partial charge in [-0.1, -0.05) is 0 Å². The molecule has 0 amide bonds. The number of nitrogens with one attached hydrogen (secondary N) is 1. The Labute approximate surface area is 94.5 Å². The summed E-state index contributed by atoms with van der Waals surface area (Å²) in [6, 6.07) is 6.02. The monoisotopic (exact) mass is 243 g/mol. The summed E-state index contributed by atoms with van der Waals surface area (Å²) in [4.78, 5) is 10.2. The molecule has 0 saturated heterocycles. The molecule has 1 aromatic carbocycles. The van der Waals surface area contributed by atoms with Crippen LogP contribution in [0.25, 0.3) is 0 Å². The van der Waals surface area contributed by atoms with E-state index < -0.39 is 10.0 Å². The van der Waals surface area contributed by atoms with Crippen LogP contribution in [0.1, 0.15) is 6.42 Å². The van der Waals surface area contributed by atoms with Crippen LogP contribution in [0.2, 0.25) is 0 Å². The molecule has 0 aromatic heterocycles. The van der Waals surface area contributed by atoms with Crippen molar-refractivity contribution in [2.45, 2.75) is 11.3 Å². The van der Waals surface area contributed by atoms with Crippen molar-refractivity contribution in [3.63, 3.8) is 0 Å². The molecule has 6 heteroatoms. The normalized spacial score (nSPS) is 11.1. The molecule has 16 heavy (non-hydrogen) atoms. The maximum Gasteiger partial charge on any atom is 0.240 e. The van der Waals surface area contributed by atoms with E-state index in [1.54, 1.807) is 12.1 Å². The number of carbonyl (C=O) groups is 1. The van der Waals surface area contributed by atoms with Crippen LogP contribution in [0, 0.1) is 0 Å². The quantitative estimate of drug-likeness (QED) is 0.585. The van der Waals surface area contributed by atoms with Crippen LogP contribution >= 0.6 is 0 Å². The van der Waals surface area contributed by atoms with Crippen molar-refractivity contribution < 1.29 is 17.9 Å². The lowest BCUT2D eigenvalue weighted by atomic mass is 10.3. The number of methoxy groups -OCH3 is 1. The van der Waals surface area contributed by atoms with E-state index in [0.717, 1.165) is 0 Å². The Kier molecular flexibility index (Phi) is 4.45. The summed E-state index contributed by atoms with van der Waals surface area (Å²) in [5.41, 5.74) is 0. The zero-order valence-corrected chi connectivity index (χ0v) is 9.66. The number of rotatable bonds is 6. The maximum absolute atomic E-state index is 11.6. The number of hydrogen-bond acceptors (Lipinski definition) is 4. The molecule has 0 aliphatic rings. The highest BCUT2D eigenvalue weighted by Gasteiger charge is 2.12. The zero-order valence-electron chi connectivity index (χ0n) is 8.84. The predicted molar refractivity (Wildman–Crippen MR) is 58.9 cm³/mol. The van der Waals surface area contributed by atoms with Gasteiger partial charge in [0.1, 0.15) is 12.0 Å². The molecule has 0 atom stereocenters. The van der Waals surface area contributed by atoms with Crippen molar-refractivity contribution in [1.29, 1.82) is 0 Å². The van der Waals surface area contributed by atoms with Crippen LogP contribution in [0.5, 0.6) is 5.75 Å². The van der Waals surface area contributed by atoms with Gasteiger partial charge in [-0.25, -0.2) is 13.1 Å². The summed E-state index contributed by atoms with van der Waals surface area (Å²) >= 11 is 0. The summed E-state index contributed by atoms with van der Waals surface area (Å²) in [6.45, 7) is 0.109. The minimum atomic E-state index is -3.52. The van der Waals surface area contributed by atoms with Gasteiger partial charge in [-0.2, -0.15) is 0 Å². The Hall–Kier alpha value is -1.40. The molecule has 1 aromatic rings. The largest absolute Gasteiger partial charge is 0.497 e. The Morgan fingerprint density at radius 1 is 1.31 bits per heavy atom. The average Bonchev–Trinajstić information content (AvgIpc) is 2.29. The number of sulfonamides is 1. The molecule has 0 radical (unpaired) electrons. The molecule has 0 bridgehead atoms. The van der Waals surface area contributed by atoms with Crippen LogP contribution in [0.4, 0.5) is 0 Å². The van der Waals surface area contributed by atoms with E-state index >= 15 is 0 Å². The van der Waals surface area contributed by atoms with Crippen molar-refractivity contribution in [3.05, 3.63) is 24.3 Å². The van der Waals surface area contributed by atoms with Gasteiger partial charge >= 0.3 is 0 Å². The van der Waals surface area contributed by atoms with E-state index in [0.29, 0.717) is 12.0 Å². The average molecular weight is 243 g/mol. The summed E-state index contributed by atoms with van der Waals surface area (Å²) in [6.07, 6.45) is 0.825. The minimum Gasteiger partial charge on any atom is -0.497 e. The van der Waals surface area contributed by atoms with E-state index in [4.69, 9.17) is 4.74 Å². The molecule has 0 unspecified atom stereocenters. The Bertz CT molecular complexity index is 438. The SMILES string of the molecule is COc1ccc(S(=O)(=O)NCCC=O)cc1. The van der Waals surface area contributed by atoms with Crippen molar-refractivity contribution in [2.75, 3.05) is 13.7 Å². The number of carbonyl (C=O) groups excluding carboxylic acids is 1. The first-order valence-electron chi connectivity index (χ1n) is 4.67. The fourth-order valence-electron chi connectivity index (χ4n) is 1.09. The fourth-order valence-corrected chi connectivity index (χ4v) is 2.14. The molecule has 0 aliphatic carbocycles. The molecule has 1 rings (SSSR count). The molecule has 1 N–H and O–H groups in total. The van der Waals surface area contributed by atoms with Crippen molar-refractivity contribution in [3.8, 4) is 5.75 Å². The van der Waals surface area contributed by atoms with Gasteiger partial charge in [0.2, 0.25) is 10.0 Å². The number of ether oxygens (including phenoxy) is 1. The first-order chi connectivity index (χ1) is 7.60. The second-order valence-corrected chi connectivity index (χ2v) is 4.80. The lowest BCUT2D eigenvalue weighted by Gasteiger charge is -2.05. The Balaban J connectivity index is 2.77. The van der Waals surface area contributed by atoms with Gasteiger partial charge in [-0.05, 0) is 24.3 Å². The molecular weight excluding hydrogens is 230 g/mol. The Morgan fingerprint density at radius 3 is 2.44 bits per heavy atom. The van der Waals surface area contributed by atoms with Gasteiger partial charge in [0, 0.05) is 13.0 Å². The first-order valence-corrected chi connectivity index (χ1v) is 6.16. The highest BCUT2D eigenvalue weighted by atomic mass is 32.2. The number of hydrogen-bond donors (Lipinski definition) is 1. The number of aldehydes is 1. The number of benzene rings is 1. The van der Waals surface area contributed by atoms with E-state index in [-0.39, 0.29) is 17.9 Å². The highest BCUT2D eigenvalue weighted by molar-refractivity contribution is 7.89. The van der Waals surface area contributed by atoms with E-state index in [1.807, 2.05) is 0 Å². The van der Waals surface area contributed by atoms with Crippen molar-refractivity contribution in [2.24, 2.45) is 0 Å². The molecule has 0 fully saturated rings. The molecule has 5 nitrogen and oxygen atoms in total. The van der Waals surface area contributed by atoms with Crippen LogP contribution < -0.4 is 9.46 Å². The summed E-state index contributed by atoms with van der Waals surface area (Å²) in [7, 11) is -2.02. The third-order valence-electron chi connectivity index (χ3n) is 1.92. The standard InChI is InChI=1S/C10H13NO4S/c1-15-9-3-5-10(6-4-9)16(13,14)11-7-2-8-12/h3-6,8,11H,2,7H2,1H3. The summed E-state index contributed by atoms with van der Waals surface area (Å²) in [5.74, 6) is 0.590. The third-order valence-corrected chi connectivity index (χ3v) is 3.40. The Morgan fingerprint density at radius 2 is 1.94 bits per heavy atom. The second-order valence-electron chi connectivity index (χ2n) is 3.03. The van der Waals surface area contributed by atoms with E-state index in [1.165, 1.54) is 19.2 Å². The highest BCUT2D eigenvalue weighted by Crippen LogP contribution is 2.14. The lowest BCUT2D eigenvalue weighted by molar-refractivity contribution is -0.107. The third kappa shape index (κ3) is 3.32. The van der Waals surface area contributed by atoms with Crippen LogP contribution in [-0.4, -0.2) is 28.4 Å². The smallest absolute Gasteiger partial charge is 0.240 e. The van der Waals surface area contributed by atoms with Gasteiger partial charge in [-0.15, -0.1) is 0 Å². The van der Waals surface area contributed by atoms with Crippen LogP contribution in [0.3, 0.4) is 0 Å². The van der Waals surface area contributed by atoms with Crippen molar-refractivity contribution in [1.82, 2.24) is 4.72 Å². The van der Waals surface area contributed by atoms with Gasteiger partial charge in [0.25, 0.3) is 0 Å². The molecule has 0 aliphatic heterocycles. The lowest BCUT2D eigenvalue weighted by Crippen LogP contribution is -2.24. The van der Waals surface area contributed by atoms with Gasteiger partial charge in [-0.3, -0.25) is 0 Å². The minimum absolute atomic E-state index is 0.109. The van der Waals surface area contributed by atoms with Crippen LogP contribution in [-0.2, 0) is 14.8 Å². The summed E-state index contributed by atoms with van der Waals surface area (Å²) < 4.78 is 30.5. The maximum atomic E-state index is 11.6. The van der Waals surface area contributed by atoms with Crippen molar-refractivity contribution >= 4 is 16.3 Å². The van der Waals surface area contributed by atoms with E-state index in [9.17, 15) is 13.2 Å². The van der Waals surface area contributed by atoms with Crippen LogP contribution in [0.15, 0.2) is 29.2 Å². The molecule has 88 valence electrons. The molecule has 0 spiro atoms. The molecule has 0 heterocycles. The topological polar surface area (TPSA) is 72.5 Å². The second kappa shape index (κ2) is 5.62. The van der Waals surface area contributed by atoms with Gasteiger partial charge in [0.05, 0.1) is 12.0 Å². The zero-order chi connectivity index (χ0) is 12.0. The fraction of sp³-hybridized carbons (Fsp3) is 0.300.